The molecule has 0 aromatic carbocycles. The first-order chi connectivity index (χ1) is 6.67. The van der Waals surface area contributed by atoms with Gasteiger partial charge in [0.2, 0.25) is 0 Å². The number of amides is 1. The third kappa shape index (κ3) is 5.32. The molecule has 0 radical (unpaired) electrons. The normalized spacial score (nSPS) is 11.9. The van der Waals surface area contributed by atoms with Gasteiger partial charge in [-0.05, 0) is 5.57 Å². The first-order valence-corrected chi connectivity index (χ1v) is 4.52. The molecule has 3 nitrogen and oxygen atoms in total. The highest BCUT2D eigenvalue weighted by atomic mass is 16.3. The molecule has 1 unspecified atom stereocenters. The third-order valence-corrected chi connectivity index (χ3v) is 1.36. The lowest BCUT2D eigenvalue weighted by atomic mass is 10.1. The summed E-state index contributed by atoms with van der Waals surface area (Å²) in [4.78, 5) is 10.9. The van der Waals surface area contributed by atoms with E-state index >= 15 is 0 Å². The van der Waals surface area contributed by atoms with Gasteiger partial charge in [-0.25, -0.2) is 0 Å². The maximum atomic E-state index is 10.9. The van der Waals surface area contributed by atoms with Crippen molar-refractivity contribution < 1.29 is 9.90 Å². The molecule has 0 saturated heterocycles. The van der Waals surface area contributed by atoms with Gasteiger partial charge in [-0.3, -0.25) is 4.79 Å². The number of nitrogens with one attached hydrogen (secondary N) is 1. The maximum Gasteiger partial charge on any atom is 0.253 e. The second kappa shape index (κ2) is 9.74. The van der Waals surface area contributed by atoms with Gasteiger partial charge in [0, 0.05) is 7.05 Å². The molecule has 0 aromatic heterocycles. The number of carbonyl (C=O) groups is 1. The fourth-order valence-electron chi connectivity index (χ4n) is 0.695. The van der Waals surface area contributed by atoms with Gasteiger partial charge >= 0.3 is 0 Å². The Morgan fingerprint density at radius 3 is 2.21 bits per heavy atom. The van der Waals surface area contributed by atoms with Crippen LogP contribution in [0.4, 0.5) is 0 Å². The molecule has 0 fully saturated rings. The summed E-state index contributed by atoms with van der Waals surface area (Å²) in [7, 11) is 1.46. The molecule has 1 amide bonds. The van der Waals surface area contributed by atoms with E-state index in [1.165, 1.54) is 25.3 Å². The Bertz CT molecular complexity index is 219. The standard InChI is InChI=1S/C9H13NO2.C2H6/c1-4-6-7(5-2)8(11)9(12)10-3;1-2/h4-6,8,11H,1-2H2,3H3,(H,10,12);1-2H3/b7-6+;. The van der Waals surface area contributed by atoms with Crippen LogP contribution in [0.5, 0.6) is 0 Å². The van der Waals surface area contributed by atoms with Crippen LogP contribution in [0.1, 0.15) is 13.8 Å². The van der Waals surface area contributed by atoms with Crippen LogP contribution in [0.2, 0.25) is 0 Å². The van der Waals surface area contributed by atoms with E-state index in [4.69, 9.17) is 0 Å². The third-order valence-electron chi connectivity index (χ3n) is 1.36. The van der Waals surface area contributed by atoms with E-state index in [0.29, 0.717) is 5.57 Å². The van der Waals surface area contributed by atoms with E-state index < -0.39 is 12.0 Å². The van der Waals surface area contributed by atoms with Gasteiger partial charge in [0.15, 0.2) is 6.10 Å². The minimum absolute atomic E-state index is 0.435. The fourth-order valence-corrected chi connectivity index (χ4v) is 0.695. The molecule has 2 N–H and O–H groups in total. The van der Waals surface area contributed by atoms with Crippen LogP contribution in [0, 0.1) is 0 Å². The Labute approximate surface area is 85.8 Å². The van der Waals surface area contributed by atoms with Crippen molar-refractivity contribution in [3.05, 3.63) is 37.0 Å². The van der Waals surface area contributed by atoms with Crippen LogP contribution in [0.25, 0.3) is 0 Å². The average Bonchev–Trinajstić information content (AvgIpc) is 2.26. The Morgan fingerprint density at radius 1 is 1.43 bits per heavy atom. The number of likely N-dealkylation sites (N-methyl/N-ethyl adjacent to an activating group) is 1. The maximum absolute atomic E-state index is 10.9. The second-order valence-corrected chi connectivity index (χ2v) is 2.12. The molecular weight excluding hydrogens is 178 g/mol. The summed E-state index contributed by atoms with van der Waals surface area (Å²) in [5.41, 5.74) is 0.435. The SMILES string of the molecule is C=C/C=C(\C=C)C(O)C(=O)NC.CC. The summed E-state index contributed by atoms with van der Waals surface area (Å²) in [5, 5.41) is 11.6. The highest BCUT2D eigenvalue weighted by molar-refractivity contribution is 5.84. The summed E-state index contributed by atoms with van der Waals surface area (Å²) in [6, 6.07) is 0. The van der Waals surface area contributed by atoms with Gasteiger partial charge in [0.1, 0.15) is 0 Å². The highest BCUT2D eigenvalue weighted by Gasteiger charge is 2.14. The van der Waals surface area contributed by atoms with Crippen molar-refractivity contribution in [3.63, 3.8) is 0 Å². The number of allylic oxidation sites excluding steroid dienone is 2. The molecule has 0 saturated carbocycles. The molecule has 0 aliphatic carbocycles. The smallest absolute Gasteiger partial charge is 0.253 e. The zero-order chi connectivity index (χ0) is 11.6. The van der Waals surface area contributed by atoms with E-state index in [2.05, 4.69) is 18.5 Å². The van der Waals surface area contributed by atoms with Crippen molar-refractivity contribution in [2.24, 2.45) is 0 Å². The van der Waals surface area contributed by atoms with Crippen molar-refractivity contribution in [2.45, 2.75) is 20.0 Å². The molecule has 1 atom stereocenters. The van der Waals surface area contributed by atoms with E-state index in [0.717, 1.165) is 0 Å². The van der Waals surface area contributed by atoms with Gasteiger partial charge in [-0.1, -0.05) is 45.2 Å². The van der Waals surface area contributed by atoms with Gasteiger partial charge in [0.05, 0.1) is 0 Å². The summed E-state index contributed by atoms with van der Waals surface area (Å²) >= 11 is 0. The lowest BCUT2D eigenvalue weighted by Crippen LogP contribution is -2.32. The summed E-state index contributed by atoms with van der Waals surface area (Å²) in [6.45, 7) is 10.9. The van der Waals surface area contributed by atoms with Crippen LogP contribution < -0.4 is 5.32 Å². The molecule has 0 spiro atoms. The van der Waals surface area contributed by atoms with Crippen LogP contribution in [0.3, 0.4) is 0 Å². The predicted octanol–water partition coefficient (Wildman–Crippen LogP) is 1.42. The Balaban J connectivity index is 0. The van der Waals surface area contributed by atoms with Crippen molar-refractivity contribution in [1.29, 1.82) is 0 Å². The zero-order valence-corrected chi connectivity index (χ0v) is 9.08. The van der Waals surface area contributed by atoms with Crippen LogP contribution >= 0.6 is 0 Å². The van der Waals surface area contributed by atoms with Crippen molar-refractivity contribution in [1.82, 2.24) is 5.32 Å². The highest BCUT2D eigenvalue weighted by Crippen LogP contribution is 2.03. The summed E-state index contributed by atoms with van der Waals surface area (Å²) in [6.07, 6.45) is 3.28. The van der Waals surface area contributed by atoms with Gasteiger partial charge in [-0.2, -0.15) is 0 Å². The lowest BCUT2D eigenvalue weighted by molar-refractivity contribution is -0.126. The molecule has 0 heterocycles. The minimum atomic E-state index is -1.16. The largest absolute Gasteiger partial charge is 0.378 e. The number of rotatable bonds is 4. The molecule has 0 aromatic rings. The molecule has 14 heavy (non-hydrogen) atoms. The summed E-state index contributed by atoms with van der Waals surface area (Å²) in [5.74, 6) is -0.456. The van der Waals surface area contributed by atoms with Crippen LogP contribution in [0.15, 0.2) is 37.0 Å². The number of aliphatic hydroxyl groups is 1. The fraction of sp³-hybridized carbons (Fsp3) is 0.364. The molecule has 80 valence electrons. The molecule has 0 bridgehead atoms. The molecule has 0 rings (SSSR count). The number of aliphatic hydroxyl groups excluding tert-OH is 1. The van der Waals surface area contributed by atoms with E-state index in [1.54, 1.807) is 0 Å². The van der Waals surface area contributed by atoms with E-state index in [-0.39, 0.29) is 0 Å². The average molecular weight is 197 g/mol. The molecule has 0 aliphatic heterocycles. The number of hydrogen-bond donors (Lipinski definition) is 2. The van der Waals surface area contributed by atoms with Crippen LogP contribution in [-0.4, -0.2) is 24.2 Å². The minimum Gasteiger partial charge on any atom is -0.378 e. The van der Waals surface area contributed by atoms with Crippen molar-refractivity contribution >= 4 is 5.91 Å². The predicted molar refractivity (Wildman–Crippen MR) is 59.9 cm³/mol. The van der Waals surface area contributed by atoms with Gasteiger partial charge in [0.25, 0.3) is 5.91 Å². The van der Waals surface area contributed by atoms with E-state index in [1.807, 2.05) is 13.8 Å². The molecule has 0 aliphatic rings. The van der Waals surface area contributed by atoms with E-state index in [9.17, 15) is 9.90 Å². The first kappa shape index (κ1) is 15.1. The Hall–Kier alpha value is -1.35. The number of hydrogen-bond acceptors (Lipinski definition) is 2. The lowest BCUT2D eigenvalue weighted by Gasteiger charge is -2.08. The first-order valence-electron chi connectivity index (χ1n) is 4.52. The van der Waals surface area contributed by atoms with Gasteiger partial charge in [-0.15, -0.1) is 0 Å². The number of carbonyl (C=O) groups excluding carboxylic acids is 1. The molecular formula is C11H19NO2. The van der Waals surface area contributed by atoms with Crippen LogP contribution in [-0.2, 0) is 4.79 Å². The van der Waals surface area contributed by atoms with Crippen molar-refractivity contribution in [2.75, 3.05) is 7.05 Å². The Kier molecular flexibility index (Phi) is 10.5. The molecule has 3 heteroatoms. The monoisotopic (exact) mass is 197 g/mol. The summed E-state index contributed by atoms with van der Waals surface area (Å²) < 4.78 is 0. The van der Waals surface area contributed by atoms with Gasteiger partial charge < -0.3 is 10.4 Å². The Morgan fingerprint density at radius 2 is 1.93 bits per heavy atom. The van der Waals surface area contributed by atoms with Crippen molar-refractivity contribution in [3.8, 4) is 0 Å². The topological polar surface area (TPSA) is 49.3 Å². The quantitative estimate of drug-likeness (QED) is 0.670. The zero-order valence-electron chi connectivity index (χ0n) is 9.08. The second-order valence-electron chi connectivity index (χ2n) is 2.12.